The van der Waals surface area contributed by atoms with Gasteiger partial charge in [0.05, 0.1) is 6.42 Å². The molecular formula is C6H10NO3. The van der Waals surface area contributed by atoms with Gasteiger partial charge in [0.2, 0.25) is 0 Å². The highest BCUT2D eigenvalue weighted by Crippen LogP contribution is 1.85. The van der Waals surface area contributed by atoms with E-state index in [-0.39, 0.29) is 13.0 Å². The Kier molecular flexibility index (Phi) is 4.28. The minimum Gasteiger partial charge on any atom is -0.481 e. The quantitative estimate of drug-likeness (QED) is 0.546. The van der Waals surface area contributed by atoms with Crippen molar-refractivity contribution < 1.29 is 14.7 Å². The molecule has 1 amide bonds. The van der Waals surface area contributed by atoms with Crippen LogP contribution in [0.15, 0.2) is 0 Å². The van der Waals surface area contributed by atoms with Crippen molar-refractivity contribution >= 4 is 12.4 Å². The van der Waals surface area contributed by atoms with Crippen molar-refractivity contribution in [1.82, 2.24) is 4.90 Å². The standard InChI is InChI=1S/C6H10NO3/c1-2-7(5-8)4-3-6(9)10/h2-4H2,1H3,(H,9,10). The highest BCUT2D eigenvalue weighted by molar-refractivity contribution is 5.67. The molecule has 0 rings (SSSR count). The second-order valence-electron chi connectivity index (χ2n) is 1.81. The molecule has 0 saturated carbocycles. The first-order valence-electron chi connectivity index (χ1n) is 3.05. The number of hydrogen-bond donors (Lipinski definition) is 1. The van der Waals surface area contributed by atoms with Crippen molar-refractivity contribution in [2.24, 2.45) is 0 Å². The van der Waals surface area contributed by atoms with Gasteiger partial charge in [0.25, 0.3) is 0 Å². The van der Waals surface area contributed by atoms with Gasteiger partial charge in [-0.2, -0.15) is 0 Å². The number of carboxylic acid groups (broad SMARTS) is 1. The number of nitrogens with zero attached hydrogens (tertiary/aromatic N) is 1. The lowest BCUT2D eigenvalue weighted by Crippen LogP contribution is -2.24. The summed E-state index contributed by atoms with van der Waals surface area (Å²) < 4.78 is 0. The average molecular weight is 144 g/mol. The summed E-state index contributed by atoms with van der Waals surface area (Å²) in [5, 5.41) is 8.20. The third-order valence-corrected chi connectivity index (χ3v) is 1.11. The van der Waals surface area contributed by atoms with Gasteiger partial charge >= 0.3 is 12.4 Å². The summed E-state index contributed by atoms with van der Waals surface area (Å²) in [6, 6.07) is 0. The zero-order chi connectivity index (χ0) is 7.98. The molecule has 0 heterocycles. The molecule has 0 aliphatic rings. The number of rotatable bonds is 5. The summed E-state index contributed by atoms with van der Waals surface area (Å²) in [7, 11) is 0. The fraction of sp³-hybridized carbons (Fsp3) is 0.667. The molecule has 1 radical (unpaired) electrons. The van der Waals surface area contributed by atoms with Crippen LogP contribution in [-0.4, -0.2) is 35.5 Å². The first kappa shape index (κ1) is 8.94. The van der Waals surface area contributed by atoms with Crippen molar-refractivity contribution in [3.8, 4) is 0 Å². The lowest BCUT2D eigenvalue weighted by molar-refractivity contribution is -0.137. The first-order valence-corrected chi connectivity index (χ1v) is 3.05. The Balaban J connectivity index is 3.44. The van der Waals surface area contributed by atoms with Gasteiger partial charge in [-0.05, 0) is 6.92 Å². The second kappa shape index (κ2) is 4.78. The molecule has 0 aliphatic heterocycles. The fourth-order valence-corrected chi connectivity index (χ4v) is 0.499. The van der Waals surface area contributed by atoms with Gasteiger partial charge in [0.1, 0.15) is 0 Å². The van der Waals surface area contributed by atoms with Crippen LogP contribution in [0.4, 0.5) is 0 Å². The van der Waals surface area contributed by atoms with Crippen LogP contribution in [0, 0.1) is 0 Å². The van der Waals surface area contributed by atoms with Crippen LogP contribution in [-0.2, 0) is 9.59 Å². The van der Waals surface area contributed by atoms with Crippen molar-refractivity contribution in [3.05, 3.63) is 0 Å². The maximum absolute atomic E-state index is 9.98. The maximum Gasteiger partial charge on any atom is 0.312 e. The Morgan fingerprint density at radius 3 is 2.60 bits per heavy atom. The zero-order valence-corrected chi connectivity index (χ0v) is 5.83. The largest absolute Gasteiger partial charge is 0.481 e. The van der Waals surface area contributed by atoms with Crippen molar-refractivity contribution in [2.45, 2.75) is 13.3 Å². The third-order valence-electron chi connectivity index (χ3n) is 1.11. The summed E-state index contributed by atoms with van der Waals surface area (Å²) in [6.45, 7) is 2.53. The molecule has 0 unspecified atom stereocenters. The van der Waals surface area contributed by atoms with E-state index in [9.17, 15) is 9.59 Å². The predicted octanol–water partition coefficient (Wildman–Crippen LogP) is -0.150. The molecule has 1 N–H and O–H groups in total. The number of carboxylic acids is 1. The molecule has 0 aromatic carbocycles. The van der Waals surface area contributed by atoms with Crippen LogP contribution in [0.25, 0.3) is 0 Å². The number of amides is 1. The van der Waals surface area contributed by atoms with Gasteiger partial charge in [-0.1, -0.05) is 0 Å². The minimum absolute atomic E-state index is 0.0108. The van der Waals surface area contributed by atoms with Crippen LogP contribution in [0.1, 0.15) is 13.3 Å². The predicted molar refractivity (Wildman–Crippen MR) is 35.2 cm³/mol. The molecule has 0 fully saturated rings. The Morgan fingerprint density at radius 1 is 1.70 bits per heavy atom. The number of hydrogen-bond acceptors (Lipinski definition) is 2. The fourth-order valence-electron chi connectivity index (χ4n) is 0.499. The lowest BCUT2D eigenvalue weighted by atomic mass is 10.4. The maximum atomic E-state index is 9.98. The van der Waals surface area contributed by atoms with Gasteiger partial charge in [-0.15, -0.1) is 0 Å². The van der Waals surface area contributed by atoms with Crippen molar-refractivity contribution in [2.75, 3.05) is 13.1 Å². The van der Waals surface area contributed by atoms with E-state index < -0.39 is 5.97 Å². The Morgan fingerprint density at radius 2 is 2.30 bits per heavy atom. The van der Waals surface area contributed by atoms with E-state index in [4.69, 9.17) is 5.11 Å². The Hall–Kier alpha value is -1.06. The van der Waals surface area contributed by atoms with Gasteiger partial charge in [-0.3, -0.25) is 9.59 Å². The lowest BCUT2D eigenvalue weighted by Gasteiger charge is -2.10. The topological polar surface area (TPSA) is 57.6 Å². The third kappa shape index (κ3) is 3.88. The van der Waals surface area contributed by atoms with E-state index >= 15 is 0 Å². The summed E-state index contributed by atoms with van der Waals surface area (Å²) in [6.07, 6.45) is 1.62. The molecule has 10 heavy (non-hydrogen) atoms. The normalized spacial score (nSPS) is 8.90. The molecule has 0 spiro atoms. The van der Waals surface area contributed by atoms with Gasteiger partial charge in [0, 0.05) is 13.1 Å². The van der Waals surface area contributed by atoms with E-state index in [2.05, 4.69) is 0 Å². The molecule has 57 valence electrons. The van der Waals surface area contributed by atoms with Gasteiger partial charge < -0.3 is 10.0 Å². The van der Waals surface area contributed by atoms with E-state index in [1.807, 2.05) is 0 Å². The average Bonchev–Trinajstić information content (AvgIpc) is 1.90. The number of carbonyl (C=O) groups excluding carboxylic acids is 1. The molecule has 0 aromatic heterocycles. The summed E-state index contributed by atoms with van der Waals surface area (Å²) in [5.74, 6) is -0.895. The molecule has 0 saturated heterocycles. The number of aliphatic carboxylic acids is 1. The van der Waals surface area contributed by atoms with Crippen molar-refractivity contribution in [1.29, 1.82) is 0 Å². The van der Waals surface area contributed by atoms with Crippen LogP contribution in [0.2, 0.25) is 0 Å². The van der Waals surface area contributed by atoms with E-state index in [1.165, 1.54) is 4.90 Å². The molecular weight excluding hydrogens is 134 g/mol. The number of carbonyl (C=O) groups is 1. The molecule has 0 atom stereocenters. The molecule has 4 nitrogen and oxygen atoms in total. The van der Waals surface area contributed by atoms with Gasteiger partial charge in [-0.25, -0.2) is 0 Å². The summed E-state index contributed by atoms with van der Waals surface area (Å²) in [5.41, 5.74) is 0. The van der Waals surface area contributed by atoms with Crippen LogP contribution < -0.4 is 0 Å². The van der Waals surface area contributed by atoms with Crippen LogP contribution in [0.5, 0.6) is 0 Å². The Labute approximate surface area is 59.4 Å². The molecule has 0 bridgehead atoms. The molecule has 0 aliphatic carbocycles. The summed E-state index contributed by atoms with van der Waals surface area (Å²) >= 11 is 0. The molecule has 4 heteroatoms. The smallest absolute Gasteiger partial charge is 0.312 e. The first-order chi connectivity index (χ1) is 4.70. The van der Waals surface area contributed by atoms with Crippen LogP contribution >= 0.6 is 0 Å². The monoisotopic (exact) mass is 144 g/mol. The molecule has 0 aromatic rings. The van der Waals surface area contributed by atoms with E-state index in [1.54, 1.807) is 13.3 Å². The Bertz CT molecular complexity index is 124. The van der Waals surface area contributed by atoms with Crippen LogP contribution in [0.3, 0.4) is 0 Å². The zero-order valence-electron chi connectivity index (χ0n) is 5.83. The van der Waals surface area contributed by atoms with Gasteiger partial charge in [0.15, 0.2) is 0 Å². The second-order valence-corrected chi connectivity index (χ2v) is 1.81. The SMILES string of the molecule is CCN([C]=O)CCC(=O)O. The highest BCUT2D eigenvalue weighted by atomic mass is 16.4. The van der Waals surface area contributed by atoms with E-state index in [0.29, 0.717) is 6.54 Å². The van der Waals surface area contributed by atoms with E-state index in [0.717, 1.165) is 0 Å². The highest BCUT2D eigenvalue weighted by Gasteiger charge is 2.01. The minimum atomic E-state index is -0.895. The summed E-state index contributed by atoms with van der Waals surface area (Å²) in [4.78, 5) is 21.2. The van der Waals surface area contributed by atoms with Crippen molar-refractivity contribution in [3.63, 3.8) is 0 Å².